The highest BCUT2D eigenvalue weighted by Gasteiger charge is 2.33. The number of fused-ring (bicyclic) bond motifs is 2. The highest BCUT2D eigenvalue weighted by Crippen LogP contribution is 2.43. The Morgan fingerprint density at radius 2 is 2.00 bits per heavy atom. The molecule has 1 aromatic carbocycles. The molecule has 144 valence electrons. The zero-order valence-electron chi connectivity index (χ0n) is 16.0. The third kappa shape index (κ3) is 3.28. The molecular weight excluding hydrogens is 366 g/mol. The van der Waals surface area contributed by atoms with Crippen LogP contribution < -0.4 is 9.47 Å². The van der Waals surface area contributed by atoms with Crippen LogP contribution in [0.5, 0.6) is 11.5 Å². The Balaban J connectivity index is 1.44. The Kier molecular flexibility index (Phi) is 4.33. The minimum Gasteiger partial charge on any atom is -0.477 e. The molecule has 0 aliphatic carbocycles. The van der Waals surface area contributed by atoms with Crippen LogP contribution in [0.15, 0.2) is 60.9 Å². The molecule has 3 aromatic rings. The molecule has 0 bridgehead atoms. The van der Waals surface area contributed by atoms with Gasteiger partial charge in [0.25, 0.3) is 0 Å². The Bertz CT molecular complexity index is 1110. The number of aromatic nitrogens is 2. The van der Waals surface area contributed by atoms with Crippen molar-refractivity contribution in [3.8, 4) is 11.5 Å². The van der Waals surface area contributed by atoms with Gasteiger partial charge in [0.2, 0.25) is 5.78 Å². The molecule has 0 radical (unpaired) electrons. The van der Waals surface area contributed by atoms with Crippen molar-refractivity contribution < 1.29 is 14.3 Å². The van der Waals surface area contributed by atoms with Gasteiger partial charge in [-0.25, -0.2) is 0 Å². The van der Waals surface area contributed by atoms with Crippen LogP contribution in [-0.4, -0.2) is 27.4 Å². The van der Waals surface area contributed by atoms with Crippen molar-refractivity contribution in [2.24, 2.45) is 0 Å². The number of carbonyl (C=O) groups excluding carboxylic acids is 1. The summed E-state index contributed by atoms with van der Waals surface area (Å²) in [6, 6.07) is 9.61. The normalized spacial score (nSPS) is 16.9. The molecule has 2 aliphatic rings. The van der Waals surface area contributed by atoms with Crippen molar-refractivity contribution in [3.63, 3.8) is 0 Å². The van der Waals surface area contributed by atoms with Gasteiger partial charge in [0, 0.05) is 49.0 Å². The lowest BCUT2D eigenvalue weighted by Gasteiger charge is -2.30. The third-order valence-electron chi connectivity index (χ3n) is 5.14. The molecule has 5 rings (SSSR count). The van der Waals surface area contributed by atoms with Crippen LogP contribution in [0.2, 0.25) is 0 Å². The number of rotatable bonds is 3. The lowest BCUT2D eigenvalue weighted by Crippen LogP contribution is -2.32. The van der Waals surface area contributed by atoms with Gasteiger partial charge in [-0.15, -0.1) is 0 Å². The average molecular weight is 385 g/mol. The van der Waals surface area contributed by atoms with Crippen molar-refractivity contribution in [2.45, 2.75) is 20.0 Å². The molecule has 0 saturated carbocycles. The second kappa shape index (κ2) is 7.14. The second-order valence-electron chi connectivity index (χ2n) is 7.21. The predicted molar refractivity (Wildman–Crippen MR) is 107 cm³/mol. The molecular formula is C23H19N3O3. The molecule has 0 saturated heterocycles. The number of Topliss-reactive ketones (excluding diaryl/α,β-unsaturated/α-hetero) is 1. The van der Waals surface area contributed by atoms with Crippen molar-refractivity contribution in [1.82, 2.24) is 14.9 Å². The van der Waals surface area contributed by atoms with Crippen LogP contribution in [-0.2, 0) is 13.1 Å². The number of ketones is 1. The largest absolute Gasteiger partial charge is 0.477 e. The van der Waals surface area contributed by atoms with Crippen LogP contribution in [0, 0.1) is 6.92 Å². The number of carbonyl (C=O) groups is 1. The zero-order chi connectivity index (χ0) is 19.8. The van der Waals surface area contributed by atoms with Crippen molar-refractivity contribution in [1.29, 1.82) is 0 Å². The topological polar surface area (TPSA) is 64.5 Å². The molecule has 0 fully saturated rings. The summed E-state index contributed by atoms with van der Waals surface area (Å²) >= 11 is 0. The van der Waals surface area contributed by atoms with Gasteiger partial charge in [0.05, 0.1) is 5.56 Å². The van der Waals surface area contributed by atoms with E-state index in [0.29, 0.717) is 30.3 Å². The maximum Gasteiger partial charge on any atom is 0.231 e. The average Bonchev–Trinajstić information content (AvgIpc) is 3.05. The van der Waals surface area contributed by atoms with Crippen LogP contribution >= 0.6 is 0 Å². The number of hydrogen-bond donors (Lipinski definition) is 0. The van der Waals surface area contributed by atoms with Gasteiger partial charge < -0.3 is 9.47 Å². The number of ether oxygens (including phenoxy) is 2. The van der Waals surface area contributed by atoms with E-state index in [2.05, 4.69) is 14.9 Å². The maximum atomic E-state index is 12.9. The van der Waals surface area contributed by atoms with Gasteiger partial charge in [0.15, 0.2) is 5.76 Å². The van der Waals surface area contributed by atoms with E-state index >= 15 is 0 Å². The SMILES string of the molecule is Cc1c2c(cc3c1O/C(=C\c1cccnc1)C3=O)CN(Cc1ccncc1)CO2. The summed E-state index contributed by atoms with van der Waals surface area (Å²) in [5.74, 6) is 1.60. The number of benzene rings is 1. The van der Waals surface area contributed by atoms with Crippen molar-refractivity contribution >= 4 is 11.9 Å². The van der Waals surface area contributed by atoms with Gasteiger partial charge in [-0.05, 0) is 48.4 Å². The van der Waals surface area contributed by atoms with Gasteiger partial charge in [-0.1, -0.05) is 6.07 Å². The fourth-order valence-corrected chi connectivity index (χ4v) is 3.76. The fourth-order valence-electron chi connectivity index (χ4n) is 3.76. The fraction of sp³-hybridized carbons (Fsp3) is 0.174. The first-order valence-corrected chi connectivity index (χ1v) is 9.44. The quantitative estimate of drug-likeness (QED) is 0.640. The Morgan fingerprint density at radius 3 is 2.79 bits per heavy atom. The lowest BCUT2D eigenvalue weighted by molar-refractivity contribution is 0.0876. The molecule has 0 N–H and O–H groups in total. The summed E-state index contributed by atoms with van der Waals surface area (Å²) < 4.78 is 12.0. The van der Waals surface area contributed by atoms with Gasteiger partial charge in [-0.2, -0.15) is 0 Å². The van der Waals surface area contributed by atoms with E-state index in [0.717, 1.165) is 29.0 Å². The Labute approximate surface area is 168 Å². The summed E-state index contributed by atoms with van der Waals surface area (Å²) in [5.41, 5.74) is 4.45. The predicted octanol–water partition coefficient (Wildman–Crippen LogP) is 3.75. The van der Waals surface area contributed by atoms with E-state index < -0.39 is 0 Å². The number of nitrogens with zero attached hydrogens (tertiary/aromatic N) is 3. The van der Waals surface area contributed by atoms with Crippen LogP contribution in [0.25, 0.3) is 6.08 Å². The van der Waals surface area contributed by atoms with Crippen LogP contribution in [0.3, 0.4) is 0 Å². The minimum absolute atomic E-state index is 0.110. The molecule has 6 heteroatoms. The summed E-state index contributed by atoms with van der Waals surface area (Å²) in [4.78, 5) is 23.3. The maximum absolute atomic E-state index is 12.9. The van der Waals surface area contributed by atoms with E-state index in [9.17, 15) is 4.79 Å². The van der Waals surface area contributed by atoms with Gasteiger partial charge in [0.1, 0.15) is 18.2 Å². The summed E-state index contributed by atoms with van der Waals surface area (Å²) in [5, 5.41) is 0. The smallest absolute Gasteiger partial charge is 0.231 e. The molecule has 0 amide bonds. The van der Waals surface area contributed by atoms with E-state index in [1.807, 2.05) is 37.3 Å². The molecule has 4 heterocycles. The molecule has 0 spiro atoms. The molecule has 29 heavy (non-hydrogen) atoms. The number of allylic oxidation sites excluding steroid dienone is 1. The van der Waals surface area contributed by atoms with Crippen molar-refractivity contribution in [2.75, 3.05) is 6.73 Å². The summed E-state index contributed by atoms with van der Waals surface area (Å²) in [6.07, 6.45) is 8.70. The molecule has 6 nitrogen and oxygen atoms in total. The number of hydrogen-bond acceptors (Lipinski definition) is 6. The van der Waals surface area contributed by atoms with Gasteiger partial charge in [-0.3, -0.25) is 19.7 Å². The summed E-state index contributed by atoms with van der Waals surface area (Å²) in [6.45, 7) is 3.90. The van der Waals surface area contributed by atoms with E-state index in [-0.39, 0.29) is 5.78 Å². The second-order valence-corrected chi connectivity index (χ2v) is 7.21. The highest BCUT2D eigenvalue weighted by molar-refractivity contribution is 6.15. The highest BCUT2D eigenvalue weighted by atomic mass is 16.5. The molecule has 2 aromatic heterocycles. The van der Waals surface area contributed by atoms with E-state index in [4.69, 9.17) is 9.47 Å². The van der Waals surface area contributed by atoms with E-state index in [1.54, 1.807) is 30.9 Å². The summed E-state index contributed by atoms with van der Waals surface area (Å²) in [7, 11) is 0. The Hall–Kier alpha value is -3.51. The third-order valence-corrected chi connectivity index (χ3v) is 5.14. The first-order valence-electron chi connectivity index (χ1n) is 9.44. The first-order chi connectivity index (χ1) is 14.2. The molecule has 0 atom stereocenters. The Morgan fingerprint density at radius 1 is 1.14 bits per heavy atom. The first kappa shape index (κ1) is 17.6. The van der Waals surface area contributed by atoms with E-state index in [1.165, 1.54) is 5.56 Å². The molecule has 2 aliphatic heterocycles. The number of pyridine rings is 2. The van der Waals surface area contributed by atoms with Crippen LogP contribution in [0.1, 0.15) is 32.6 Å². The molecule has 0 unspecified atom stereocenters. The zero-order valence-corrected chi connectivity index (χ0v) is 16.0. The minimum atomic E-state index is -0.110. The monoisotopic (exact) mass is 385 g/mol. The standard InChI is InChI=1S/C23H19N3O3/c1-15-22-18(13-26(14-28-22)12-16-4-7-24-8-5-16)10-19-21(27)20(29-23(15)19)9-17-3-2-6-25-11-17/h2-11H,12-14H2,1H3/b20-9-. The van der Waals surface area contributed by atoms with Gasteiger partial charge >= 0.3 is 0 Å². The lowest BCUT2D eigenvalue weighted by atomic mass is 10.00. The van der Waals surface area contributed by atoms with Crippen molar-refractivity contribution in [3.05, 3.63) is 88.7 Å². The van der Waals surface area contributed by atoms with Crippen LogP contribution in [0.4, 0.5) is 0 Å².